The van der Waals surface area contributed by atoms with E-state index in [0.717, 1.165) is 60.8 Å². The predicted octanol–water partition coefficient (Wildman–Crippen LogP) is 7.22. The van der Waals surface area contributed by atoms with Crippen molar-refractivity contribution in [2.45, 2.75) is 44.6 Å². The summed E-state index contributed by atoms with van der Waals surface area (Å²) in [6.07, 6.45) is 13.1. The van der Waals surface area contributed by atoms with Gasteiger partial charge in [0.15, 0.2) is 0 Å². The normalized spacial score (nSPS) is 19.3. The summed E-state index contributed by atoms with van der Waals surface area (Å²) >= 11 is 0. The van der Waals surface area contributed by atoms with Crippen molar-refractivity contribution in [2.24, 2.45) is 5.92 Å². The molecule has 5 aromatic rings. The van der Waals surface area contributed by atoms with Crippen LogP contribution in [0, 0.1) is 5.92 Å². The Morgan fingerprint density at radius 3 is 2.50 bits per heavy atom. The summed E-state index contributed by atoms with van der Waals surface area (Å²) in [5.41, 5.74) is 10.8. The first-order valence-electron chi connectivity index (χ1n) is 14.7. The van der Waals surface area contributed by atoms with E-state index in [4.69, 9.17) is 9.72 Å². The molecule has 2 N–H and O–H groups in total. The Bertz CT molecular complexity index is 1590. The number of hydrogen-bond donors (Lipinski definition) is 2. The van der Waals surface area contributed by atoms with E-state index in [1.807, 2.05) is 30.6 Å². The van der Waals surface area contributed by atoms with Crippen molar-refractivity contribution in [3.63, 3.8) is 0 Å². The van der Waals surface area contributed by atoms with Crippen molar-refractivity contribution in [2.75, 3.05) is 19.8 Å². The van der Waals surface area contributed by atoms with Crippen LogP contribution < -0.4 is 5.32 Å². The Balaban J connectivity index is 1.09. The molecule has 1 fully saturated rings. The smallest absolute Gasteiger partial charge is 0.137 e. The van der Waals surface area contributed by atoms with Crippen LogP contribution in [0.3, 0.4) is 0 Å². The number of hydrogen-bond acceptors (Lipinski definition) is 4. The SMILES string of the molecule is c1ccc(-c2ccc(-c3c[nH]c4ncc(-c5ccc6c(c5)CCC(CN[C@H]5CCCOC5)CC6)cc34)cc2)nc1. The summed E-state index contributed by atoms with van der Waals surface area (Å²) in [5, 5.41) is 4.94. The minimum Gasteiger partial charge on any atom is -0.380 e. The molecule has 0 radical (unpaired) electrons. The van der Waals surface area contributed by atoms with Crippen molar-refractivity contribution in [1.82, 2.24) is 20.3 Å². The van der Waals surface area contributed by atoms with Crippen LogP contribution in [0.4, 0.5) is 0 Å². The molecule has 0 spiro atoms. The van der Waals surface area contributed by atoms with E-state index >= 15 is 0 Å². The second-order valence-electron chi connectivity index (χ2n) is 11.4. The number of H-pyrrole nitrogens is 1. The Labute approximate surface area is 236 Å². The molecule has 3 aromatic heterocycles. The Morgan fingerprint density at radius 1 is 0.825 bits per heavy atom. The van der Waals surface area contributed by atoms with Crippen molar-refractivity contribution in [3.8, 4) is 33.5 Å². The molecule has 2 aromatic carbocycles. The first-order chi connectivity index (χ1) is 19.8. The Kier molecular flexibility index (Phi) is 7.15. The first kappa shape index (κ1) is 25.2. The molecule has 0 amide bonds. The van der Waals surface area contributed by atoms with Gasteiger partial charge in [0.1, 0.15) is 5.65 Å². The van der Waals surface area contributed by atoms with Gasteiger partial charge in [-0.05, 0) is 91.4 Å². The number of aromatic nitrogens is 3. The van der Waals surface area contributed by atoms with E-state index in [0.29, 0.717) is 6.04 Å². The number of nitrogens with zero attached hydrogens (tertiary/aromatic N) is 2. The maximum Gasteiger partial charge on any atom is 0.137 e. The first-order valence-corrected chi connectivity index (χ1v) is 14.7. The summed E-state index contributed by atoms with van der Waals surface area (Å²) in [5.74, 6) is 0.724. The lowest BCUT2D eigenvalue weighted by atomic mass is 9.96. The lowest BCUT2D eigenvalue weighted by Gasteiger charge is -2.25. The molecule has 0 bridgehead atoms. The van der Waals surface area contributed by atoms with Crippen molar-refractivity contribution >= 4 is 11.0 Å². The fraction of sp³-hybridized carbons (Fsp3) is 0.314. The van der Waals surface area contributed by atoms with Gasteiger partial charge in [-0.15, -0.1) is 0 Å². The zero-order valence-corrected chi connectivity index (χ0v) is 22.9. The van der Waals surface area contributed by atoms with Crippen LogP contribution in [0.5, 0.6) is 0 Å². The summed E-state index contributed by atoms with van der Waals surface area (Å²) in [7, 11) is 0. The van der Waals surface area contributed by atoms with Crippen LogP contribution in [-0.4, -0.2) is 40.8 Å². The van der Waals surface area contributed by atoms with E-state index in [-0.39, 0.29) is 0 Å². The Hall–Kier alpha value is -3.80. The molecule has 2 aliphatic rings. The molecule has 7 rings (SSSR count). The molecular weight excluding hydrogens is 492 g/mol. The predicted molar refractivity (Wildman–Crippen MR) is 162 cm³/mol. The van der Waals surface area contributed by atoms with E-state index < -0.39 is 0 Å². The lowest BCUT2D eigenvalue weighted by molar-refractivity contribution is 0.0688. The zero-order valence-electron chi connectivity index (χ0n) is 22.9. The number of aryl methyl sites for hydroxylation is 2. The largest absolute Gasteiger partial charge is 0.380 e. The number of ether oxygens (including phenoxy) is 1. The minimum absolute atomic E-state index is 0.533. The maximum atomic E-state index is 5.66. The molecule has 5 heteroatoms. The fourth-order valence-electron chi connectivity index (χ4n) is 6.34. The van der Waals surface area contributed by atoms with Gasteiger partial charge in [-0.2, -0.15) is 0 Å². The van der Waals surface area contributed by atoms with Gasteiger partial charge in [-0.1, -0.05) is 48.5 Å². The van der Waals surface area contributed by atoms with E-state index in [1.54, 1.807) is 0 Å². The van der Waals surface area contributed by atoms with Gasteiger partial charge in [0.05, 0.1) is 12.3 Å². The standard InChI is InChI=1S/C35H36N4O/c1-2-16-36-34(5-1)27-13-11-26(12-14-27)33-22-39-35-32(33)19-30(21-38-35)29-15-10-25-8-6-24(7-9-28(25)18-29)20-37-31-4-3-17-40-23-31/h1-2,5,10-16,18-19,21-22,24,31,37H,3-4,6-9,17,20,23H2,(H,38,39)/t24?,31-/m0/s1. The summed E-state index contributed by atoms with van der Waals surface area (Å²) in [6.45, 7) is 2.90. The average molecular weight is 529 g/mol. The van der Waals surface area contributed by atoms with Crippen LogP contribution in [-0.2, 0) is 17.6 Å². The second kappa shape index (κ2) is 11.4. The van der Waals surface area contributed by atoms with Crippen molar-refractivity contribution < 1.29 is 4.74 Å². The quantitative estimate of drug-likeness (QED) is 0.228. The maximum absolute atomic E-state index is 5.66. The van der Waals surface area contributed by atoms with Crippen LogP contribution in [0.1, 0.15) is 36.8 Å². The number of rotatable bonds is 6. The second-order valence-corrected chi connectivity index (χ2v) is 11.4. The highest BCUT2D eigenvalue weighted by molar-refractivity contribution is 5.96. The highest BCUT2D eigenvalue weighted by Crippen LogP contribution is 2.34. The molecule has 1 unspecified atom stereocenters. The van der Waals surface area contributed by atoms with Crippen LogP contribution >= 0.6 is 0 Å². The molecular formula is C35H36N4O. The molecule has 202 valence electrons. The average Bonchev–Trinajstić information content (AvgIpc) is 3.34. The molecule has 1 saturated heterocycles. The number of pyridine rings is 2. The van der Waals surface area contributed by atoms with Gasteiger partial charge >= 0.3 is 0 Å². The number of aromatic amines is 1. The van der Waals surface area contributed by atoms with Crippen LogP contribution in [0.15, 0.2) is 85.3 Å². The van der Waals surface area contributed by atoms with Crippen LogP contribution in [0.2, 0.25) is 0 Å². The summed E-state index contributed by atoms with van der Waals surface area (Å²) in [4.78, 5) is 12.7. The van der Waals surface area contributed by atoms with Gasteiger partial charge < -0.3 is 15.0 Å². The number of benzene rings is 2. The summed E-state index contributed by atoms with van der Waals surface area (Å²) < 4.78 is 5.66. The minimum atomic E-state index is 0.533. The fourth-order valence-corrected chi connectivity index (χ4v) is 6.34. The van der Waals surface area contributed by atoms with Gasteiger partial charge in [0.25, 0.3) is 0 Å². The summed E-state index contributed by atoms with van der Waals surface area (Å²) in [6, 6.07) is 24.5. The zero-order chi connectivity index (χ0) is 26.7. The third-order valence-corrected chi connectivity index (χ3v) is 8.73. The Morgan fingerprint density at radius 2 is 1.68 bits per heavy atom. The lowest BCUT2D eigenvalue weighted by Crippen LogP contribution is -2.39. The van der Waals surface area contributed by atoms with Gasteiger partial charge in [-0.25, -0.2) is 4.98 Å². The van der Waals surface area contributed by atoms with Gasteiger partial charge in [0, 0.05) is 53.3 Å². The molecule has 0 saturated carbocycles. The van der Waals surface area contributed by atoms with Crippen molar-refractivity contribution in [1.29, 1.82) is 0 Å². The van der Waals surface area contributed by atoms with Gasteiger partial charge in [-0.3, -0.25) is 4.98 Å². The number of fused-ring (bicyclic) bond motifs is 2. The third kappa shape index (κ3) is 5.32. The third-order valence-electron chi connectivity index (χ3n) is 8.73. The number of nitrogens with one attached hydrogen (secondary N) is 2. The molecule has 5 nitrogen and oxygen atoms in total. The molecule has 1 aliphatic heterocycles. The topological polar surface area (TPSA) is 62.8 Å². The van der Waals surface area contributed by atoms with Crippen molar-refractivity contribution in [3.05, 3.63) is 96.4 Å². The van der Waals surface area contributed by atoms with Gasteiger partial charge in [0.2, 0.25) is 0 Å². The van der Waals surface area contributed by atoms with E-state index in [1.165, 1.54) is 59.1 Å². The van der Waals surface area contributed by atoms with Crippen LogP contribution in [0.25, 0.3) is 44.5 Å². The molecule has 1 aliphatic carbocycles. The molecule has 40 heavy (non-hydrogen) atoms. The van der Waals surface area contributed by atoms with E-state index in [2.05, 4.69) is 70.0 Å². The van der Waals surface area contributed by atoms with E-state index in [9.17, 15) is 0 Å². The highest BCUT2D eigenvalue weighted by Gasteiger charge is 2.20. The monoisotopic (exact) mass is 528 g/mol. The highest BCUT2D eigenvalue weighted by atomic mass is 16.5. The molecule has 2 atom stereocenters. The molecule has 4 heterocycles.